The molecule has 20 heavy (non-hydrogen) atoms. The lowest BCUT2D eigenvalue weighted by Crippen LogP contribution is -2.33. The minimum Gasteiger partial charge on any atom is -0.481 e. The van der Waals surface area contributed by atoms with E-state index in [1.165, 1.54) is 36.2 Å². The van der Waals surface area contributed by atoms with Gasteiger partial charge in [0.1, 0.15) is 6.04 Å². The molecule has 1 aromatic rings. The summed E-state index contributed by atoms with van der Waals surface area (Å²) in [5.41, 5.74) is -0.278. The summed E-state index contributed by atoms with van der Waals surface area (Å²) in [6.07, 6.45) is -0.249. The van der Waals surface area contributed by atoms with Crippen LogP contribution in [-0.4, -0.2) is 45.6 Å². The quantitative estimate of drug-likeness (QED) is 0.567. The number of rotatable bonds is 7. The van der Waals surface area contributed by atoms with Gasteiger partial charge in [-0.25, -0.2) is 0 Å². The predicted octanol–water partition coefficient (Wildman–Crippen LogP) is 1.13. The molecule has 1 rings (SSSR count). The van der Waals surface area contributed by atoms with Crippen molar-refractivity contribution in [3.8, 4) is 0 Å². The summed E-state index contributed by atoms with van der Waals surface area (Å²) < 4.78 is 0. The summed E-state index contributed by atoms with van der Waals surface area (Å²) in [5.74, 6) is -2.34. The molecule has 0 saturated heterocycles. The Balaban J connectivity index is 3.11. The number of likely N-dealkylation sites (N-methyl/N-ethyl adjacent to an activating group) is 1. The van der Waals surface area contributed by atoms with Gasteiger partial charge >= 0.3 is 11.9 Å². The van der Waals surface area contributed by atoms with Crippen molar-refractivity contribution in [1.29, 1.82) is 0 Å². The van der Waals surface area contributed by atoms with E-state index in [-0.39, 0.29) is 24.2 Å². The molecule has 0 aliphatic heterocycles. The molecule has 0 heterocycles. The van der Waals surface area contributed by atoms with Crippen LogP contribution in [0.5, 0.6) is 0 Å². The lowest BCUT2D eigenvalue weighted by Gasteiger charge is -2.24. The molecule has 0 fully saturated rings. The Labute approximate surface area is 114 Å². The highest BCUT2D eigenvalue weighted by molar-refractivity contribution is 5.77. The van der Waals surface area contributed by atoms with E-state index in [1.807, 2.05) is 0 Å². The van der Waals surface area contributed by atoms with Gasteiger partial charge in [-0.05, 0) is 13.1 Å². The highest BCUT2D eigenvalue weighted by Crippen LogP contribution is 2.28. The van der Waals surface area contributed by atoms with Crippen molar-refractivity contribution in [1.82, 2.24) is 4.90 Å². The molecule has 8 heteroatoms. The van der Waals surface area contributed by atoms with Gasteiger partial charge in [0.2, 0.25) is 0 Å². The van der Waals surface area contributed by atoms with Gasteiger partial charge in [-0.2, -0.15) is 0 Å². The smallest absolute Gasteiger partial charge is 0.325 e. The number of nitrogens with zero attached hydrogens (tertiary/aromatic N) is 2. The zero-order valence-corrected chi connectivity index (χ0v) is 10.7. The maximum atomic E-state index is 11.3. The number of nitro groups is 1. The molecule has 8 nitrogen and oxygen atoms in total. The SMILES string of the molecule is CN(CCC(=O)O)C(C(=O)O)c1ccccc1[N+](=O)[O-]. The van der Waals surface area contributed by atoms with Gasteiger partial charge < -0.3 is 10.2 Å². The van der Waals surface area contributed by atoms with E-state index >= 15 is 0 Å². The molecule has 0 amide bonds. The molecule has 0 spiro atoms. The number of para-hydroxylation sites is 1. The number of aliphatic carboxylic acids is 2. The van der Waals surface area contributed by atoms with Crippen molar-refractivity contribution in [3.63, 3.8) is 0 Å². The van der Waals surface area contributed by atoms with Crippen LogP contribution < -0.4 is 0 Å². The highest BCUT2D eigenvalue weighted by Gasteiger charge is 2.30. The number of carbonyl (C=O) groups is 2. The highest BCUT2D eigenvalue weighted by atomic mass is 16.6. The Morgan fingerprint density at radius 3 is 2.45 bits per heavy atom. The van der Waals surface area contributed by atoms with E-state index < -0.39 is 22.9 Å². The Bertz CT molecular complexity index is 530. The first-order chi connectivity index (χ1) is 9.34. The monoisotopic (exact) mass is 282 g/mol. The fourth-order valence-electron chi connectivity index (χ4n) is 1.85. The van der Waals surface area contributed by atoms with Crippen molar-refractivity contribution >= 4 is 17.6 Å². The topological polar surface area (TPSA) is 121 Å². The van der Waals surface area contributed by atoms with Crippen molar-refractivity contribution < 1.29 is 24.7 Å². The molecule has 0 saturated carbocycles. The van der Waals surface area contributed by atoms with Crippen molar-refractivity contribution in [2.45, 2.75) is 12.5 Å². The Hall–Kier alpha value is -2.48. The van der Waals surface area contributed by atoms with Crippen LogP contribution in [0.3, 0.4) is 0 Å². The molecule has 1 aromatic carbocycles. The van der Waals surface area contributed by atoms with Crippen molar-refractivity contribution in [2.24, 2.45) is 0 Å². The van der Waals surface area contributed by atoms with E-state index in [0.717, 1.165) is 0 Å². The van der Waals surface area contributed by atoms with E-state index in [2.05, 4.69) is 0 Å². The molecule has 0 radical (unpaired) electrons. The van der Waals surface area contributed by atoms with E-state index in [0.29, 0.717) is 0 Å². The van der Waals surface area contributed by atoms with Crippen LogP contribution in [0.4, 0.5) is 5.69 Å². The van der Waals surface area contributed by atoms with Crippen LogP contribution in [0.1, 0.15) is 18.0 Å². The van der Waals surface area contributed by atoms with E-state index in [9.17, 15) is 24.8 Å². The first-order valence-electron chi connectivity index (χ1n) is 5.72. The standard InChI is InChI=1S/C12H14N2O6/c1-13(7-6-10(15)16)11(12(17)18)8-4-2-3-5-9(8)14(19)20/h2-5,11H,6-7H2,1H3,(H,15,16)(H,17,18). The number of hydrogen-bond donors (Lipinski definition) is 2. The molecule has 1 atom stereocenters. The first-order valence-corrected chi connectivity index (χ1v) is 5.72. The molecule has 0 bridgehead atoms. The number of carboxylic acids is 2. The van der Waals surface area contributed by atoms with Crippen LogP contribution in [0.25, 0.3) is 0 Å². The second kappa shape index (κ2) is 6.62. The molecule has 0 aliphatic carbocycles. The minimum atomic E-state index is -1.27. The molecular weight excluding hydrogens is 268 g/mol. The molecule has 2 N–H and O–H groups in total. The molecule has 108 valence electrons. The third-order valence-corrected chi connectivity index (χ3v) is 2.78. The Morgan fingerprint density at radius 1 is 1.35 bits per heavy atom. The molecular formula is C12H14N2O6. The third kappa shape index (κ3) is 3.75. The molecule has 0 aliphatic rings. The summed E-state index contributed by atoms with van der Waals surface area (Å²) >= 11 is 0. The second-order valence-corrected chi connectivity index (χ2v) is 4.18. The number of nitro benzene ring substituents is 1. The summed E-state index contributed by atoms with van der Waals surface area (Å²) in [6.45, 7) is -0.0294. The van der Waals surface area contributed by atoms with Gasteiger partial charge in [0, 0.05) is 12.6 Å². The average Bonchev–Trinajstić information content (AvgIpc) is 2.36. The second-order valence-electron chi connectivity index (χ2n) is 4.18. The van der Waals surface area contributed by atoms with Crippen LogP contribution in [0, 0.1) is 10.1 Å². The lowest BCUT2D eigenvalue weighted by molar-refractivity contribution is -0.385. The zero-order chi connectivity index (χ0) is 15.3. The maximum absolute atomic E-state index is 11.3. The van der Waals surface area contributed by atoms with E-state index in [4.69, 9.17) is 5.11 Å². The number of carboxylic acid groups (broad SMARTS) is 2. The van der Waals surface area contributed by atoms with Gasteiger partial charge in [0.05, 0.1) is 16.9 Å². The van der Waals surface area contributed by atoms with Crippen LogP contribution in [0.15, 0.2) is 24.3 Å². The summed E-state index contributed by atoms with van der Waals surface area (Å²) in [5, 5.41) is 28.8. The van der Waals surface area contributed by atoms with Crippen LogP contribution in [0.2, 0.25) is 0 Å². The predicted molar refractivity (Wildman–Crippen MR) is 68.4 cm³/mol. The van der Waals surface area contributed by atoms with Gasteiger partial charge in [0.15, 0.2) is 0 Å². The summed E-state index contributed by atoms with van der Waals surface area (Å²) in [4.78, 5) is 33.4. The first kappa shape index (κ1) is 15.6. The number of benzene rings is 1. The van der Waals surface area contributed by atoms with Crippen LogP contribution >= 0.6 is 0 Å². The Morgan fingerprint density at radius 2 is 1.95 bits per heavy atom. The van der Waals surface area contributed by atoms with Gasteiger partial charge in [-0.3, -0.25) is 24.6 Å². The number of hydrogen-bond acceptors (Lipinski definition) is 5. The zero-order valence-electron chi connectivity index (χ0n) is 10.7. The third-order valence-electron chi connectivity index (χ3n) is 2.78. The largest absolute Gasteiger partial charge is 0.481 e. The Kier molecular flexibility index (Phi) is 5.15. The lowest BCUT2D eigenvalue weighted by atomic mass is 10.0. The van der Waals surface area contributed by atoms with E-state index in [1.54, 1.807) is 0 Å². The summed E-state index contributed by atoms with van der Waals surface area (Å²) in [7, 11) is 1.42. The van der Waals surface area contributed by atoms with Gasteiger partial charge in [-0.1, -0.05) is 12.1 Å². The average molecular weight is 282 g/mol. The van der Waals surface area contributed by atoms with Crippen LogP contribution in [-0.2, 0) is 9.59 Å². The minimum absolute atomic E-state index is 0.0258. The molecule has 1 unspecified atom stereocenters. The fraction of sp³-hybridized carbons (Fsp3) is 0.333. The van der Waals surface area contributed by atoms with Crippen molar-refractivity contribution in [2.75, 3.05) is 13.6 Å². The summed E-state index contributed by atoms with van der Waals surface area (Å²) in [6, 6.07) is 4.25. The normalized spacial score (nSPS) is 12.1. The van der Waals surface area contributed by atoms with Gasteiger partial charge in [0.25, 0.3) is 5.69 Å². The van der Waals surface area contributed by atoms with Gasteiger partial charge in [-0.15, -0.1) is 0 Å². The molecule has 0 aromatic heterocycles. The fourth-order valence-corrected chi connectivity index (χ4v) is 1.85. The maximum Gasteiger partial charge on any atom is 0.325 e. The van der Waals surface area contributed by atoms with Crippen molar-refractivity contribution in [3.05, 3.63) is 39.9 Å².